The first-order chi connectivity index (χ1) is 9.97. The summed E-state index contributed by atoms with van der Waals surface area (Å²) < 4.78 is 25.9. The maximum Gasteiger partial charge on any atom is 0.322 e. The number of urea groups is 1. The number of hydrogen-bond donors (Lipinski definition) is 1. The minimum absolute atomic E-state index is 0.208. The second-order valence-corrected chi connectivity index (χ2v) is 4.95. The summed E-state index contributed by atoms with van der Waals surface area (Å²) in [6.45, 7) is 1.28. The lowest BCUT2D eigenvalue weighted by Gasteiger charge is -2.34. The van der Waals surface area contributed by atoms with Crippen LogP contribution in [0.2, 0.25) is 0 Å². The van der Waals surface area contributed by atoms with Crippen molar-refractivity contribution in [1.82, 2.24) is 14.4 Å². The Hall–Kier alpha value is -1.96. The number of aryl methyl sites for hydroxylation is 1. The number of hydrogen-bond acceptors (Lipinski definition) is 3. The Labute approximate surface area is 120 Å². The number of nitrogens with zero attached hydrogens (tertiary/aromatic N) is 3. The number of alkyl halides is 2. The summed E-state index contributed by atoms with van der Waals surface area (Å²) in [5, 5.41) is 2.56. The van der Waals surface area contributed by atoms with Crippen LogP contribution in [0.5, 0.6) is 0 Å². The molecule has 0 spiro atoms. The molecule has 1 aromatic heterocycles. The zero-order chi connectivity index (χ0) is 15.4. The number of piperazine rings is 1. The molecule has 0 aromatic carbocycles. The molecule has 2 rings (SSSR count). The van der Waals surface area contributed by atoms with E-state index in [2.05, 4.69) is 5.32 Å². The van der Waals surface area contributed by atoms with Crippen LogP contribution in [0.4, 0.5) is 19.3 Å². The molecular weight excluding hydrogens is 282 g/mol. The third-order valence-electron chi connectivity index (χ3n) is 3.42. The number of halogens is 2. The molecule has 1 aliphatic rings. The lowest BCUT2D eigenvalue weighted by atomic mass is 10.3. The van der Waals surface area contributed by atoms with Crippen LogP contribution < -0.4 is 10.9 Å². The number of carbonyl (C=O) groups is 1. The molecule has 1 aliphatic heterocycles. The number of pyridine rings is 1. The molecule has 8 heteroatoms. The van der Waals surface area contributed by atoms with E-state index in [0.29, 0.717) is 26.2 Å². The van der Waals surface area contributed by atoms with Crippen molar-refractivity contribution >= 4 is 11.7 Å². The number of carbonyl (C=O) groups excluding carboxylic acids is 1. The summed E-state index contributed by atoms with van der Waals surface area (Å²) in [5.74, 6) is 0. The van der Waals surface area contributed by atoms with Gasteiger partial charge >= 0.3 is 6.03 Å². The van der Waals surface area contributed by atoms with E-state index >= 15 is 0 Å². The second-order valence-electron chi connectivity index (χ2n) is 4.95. The molecule has 6 nitrogen and oxygen atoms in total. The average Bonchev–Trinajstić information content (AvgIpc) is 2.44. The second kappa shape index (κ2) is 6.66. The number of rotatable bonds is 3. The van der Waals surface area contributed by atoms with Crippen LogP contribution in [0, 0.1) is 0 Å². The molecule has 0 bridgehead atoms. The van der Waals surface area contributed by atoms with Crippen molar-refractivity contribution in [2.45, 2.75) is 6.43 Å². The maximum atomic E-state index is 12.3. The van der Waals surface area contributed by atoms with Gasteiger partial charge in [-0.25, -0.2) is 13.6 Å². The van der Waals surface area contributed by atoms with E-state index in [1.54, 1.807) is 24.2 Å². The predicted molar refractivity (Wildman–Crippen MR) is 74.7 cm³/mol. The third kappa shape index (κ3) is 4.01. The summed E-state index contributed by atoms with van der Waals surface area (Å²) in [7, 11) is 1.60. The first-order valence-corrected chi connectivity index (χ1v) is 6.69. The van der Waals surface area contributed by atoms with Gasteiger partial charge in [-0.05, 0) is 12.1 Å². The zero-order valence-electron chi connectivity index (χ0n) is 11.8. The van der Waals surface area contributed by atoms with Gasteiger partial charge in [0, 0.05) is 39.4 Å². The highest BCUT2D eigenvalue weighted by molar-refractivity contribution is 5.89. The van der Waals surface area contributed by atoms with E-state index in [9.17, 15) is 18.4 Å². The van der Waals surface area contributed by atoms with E-state index in [0.717, 1.165) is 0 Å². The fourth-order valence-electron chi connectivity index (χ4n) is 2.22. The van der Waals surface area contributed by atoms with Gasteiger partial charge in [-0.2, -0.15) is 0 Å². The molecule has 0 radical (unpaired) electrons. The molecule has 0 saturated carbocycles. The van der Waals surface area contributed by atoms with Crippen molar-refractivity contribution in [2.75, 3.05) is 38.0 Å². The summed E-state index contributed by atoms with van der Waals surface area (Å²) >= 11 is 0. The van der Waals surface area contributed by atoms with Crippen molar-refractivity contribution in [3.63, 3.8) is 0 Å². The molecular formula is C13H18F2N4O2. The van der Waals surface area contributed by atoms with Gasteiger partial charge in [-0.1, -0.05) is 0 Å². The van der Waals surface area contributed by atoms with Crippen LogP contribution in [0.25, 0.3) is 0 Å². The van der Waals surface area contributed by atoms with Crippen LogP contribution in [0.1, 0.15) is 0 Å². The number of nitrogens with one attached hydrogen (secondary N) is 1. The van der Waals surface area contributed by atoms with Crippen molar-refractivity contribution in [2.24, 2.45) is 7.05 Å². The van der Waals surface area contributed by atoms with E-state index < -0.39 is 6.43 Å². The Bertz CT molecular complexity index is 553. The van der Waals surface area contributed by atoms with Crippen molar-refractivity contribution in [3.05, 3.63) is 28.7 Å². The molecule has 0 aliphatic carbocycles. The number of aromatic nitrogens is 1. The van der Waals surface area contributed by atoms with Gasteiger partial charge in [-0.15, -0.1) is 0 Å². The number of amides is 2. The fourth-order valence-corrected chi connectivity index (χ4v) is 2.22. The Morgan fingerprint density at radius 1 is 1.33 bits per heavy atom. The molecule has 0 unspecified atom stereocenters. The fraction of sp³-hybridized carbons (Fsp3) is 0.538. The van der Waals surface area contributed by atoms with Crippen LogP contribution in [0.3, 0.4) is 0 Å². The lowest BCUT2D eigenvalue weighted by molar-refractivity contribution is 0.0651. The van der Waals surface area contributed by atoms with Gasteiger partial charge in [-0.3, -0.25) is 9.69 Å². The van der Waals surface area contributed by atoms with Gasteiger partial charge in [0.25, 0.3) is 12.0 Å². The van der Waals surface area contributed by atoms with Crippen LogP contribution in [0.15, 0.2) is 23.1 Å². The van der Waals surface area contributed by atoms with Gasteiger partial charge in [0.2, 0.25) is 0 Å². The Morgan fingerprint density at radius 2 is 2.00 bits per heavy atom. The minimum Gasteiger partial charge on any atom is -0.322 e. The summed E-state index contributed by atoms with van der Waals surface area (Å²) in [4.78, 5) is 27.0. The molecule has 0 atom stereocenters. The monoisotopic (exact) mass is 300 g/mol. The number of anilines is 1. The van der Waals surface area contributed by atoms with E-state index in [4.69, 9.17) is 0 Å². The highest BCUT2D eigenvalue weighted by Gasteiger charge is 2.23. The van der Waals surface area contributed by atoms with E-state index in [-0.39, 0.29) is 23.8 Å². The Morgan fingerprint density at radius 3 is 2.62 bits per heavy atom. The topological polar surface area (TPSA) is 57.6 Å². The van der Waals surface area contributed by atoms with Gasteiger partial charge in [0.1, 0.15) is 5.69 Å². The van der Waals surface area contributed by atoms with Crippen molar-refractivity contribution in [3.8, 4) is 0 Å². The SMILES string of the molecule is Cn1cccc(NC(=O)N2CCN(CC(F)F)CC2)c1=O. The van der Waals surface area contributed by atoms with Crippen LogP contribution in [-0.4, -0.2) is 59.5 Å². The molecule has 1 N–H and O–H groups in total. The van der Waals surface area contributed by atoms with Gasteiger partial charge in [0.05, 0.1) is 6.54 Å². The lowest BCUT2D eigenvalue weighted by Crippen LogP contribution is -2.51. The van der Waals surface area contributed by atoms with E-state index in [1.807, 2.05) is 0 Å². The normalized spacial score (nSPS) is 16.3. The smallest absolute Gasteiger partial charge is 0.322 e. The quantitative estimate of drug-likeness (QED) is 0.898. The zero-order valence-corrected chi connectivity index (χ0v) is 11.8. The molecule has 1 fully saturated rings. The highest BCUT2D eigenvalue weighted by Crippen LogP contribution is 2.07. The van der Waals surface area contributed by atoms with Crippen LogP contribution in [-0.2, 0) is 7.05 Å². The van der Waals surface area contributed by atoms with E-state index in [1.165, 1.54) is 15.5 Å². The highest BCUT2D eigenvalue weighted by atomic mass is 19.3. The van der Waals surface area contributed by atoms with Gasteiger partial charge < -0.3 is 14.8 Å². The van der Waals surface area contributed by atoms with Crippen molar-refractivity contribution < 1.29 is 13.6 Å². The molecule has 2 heterocycles. The molecule has 116 valence electrons. The summed E-state index contributed by atoms with van der Waals surface area (Å²) in [5.41, 5.74) is -0.0813. The molecule has 21 heavy (non-hydrogen) atoms. The Balaban J connectivity index is 1.91. The molecule has 1 aromatic rings. The van der Waals surface area contributed by atoms with Gasteiger partial charge in [0.15, 0.2) is 0 Å². The predicted octanol–water partition coefficient (Wildman–Crippen LogP) is 0.800. The standard InChI is InChI=1S/C13H18F2N4O2/c1-17-4-2-3-10(12(17)20)16-13(21)19-7-5-18(6-8-19)9-11(14)15/h2-4,11H,5-9H2,1H3,(H,16,21). The minimum atomic E-state index is -2.36. The largest absolute Gasteiger partial charge is 0.322 e. The first-order valence-electron chi connectivity index (χ1n) is 6.69. The summed E-state index contributed by atoms with van der Waals surface area (Å²) in [6.07, 6.45) is -0.765. The average molecular weight is 300 g/mol. The molecule has 2 amide bonds. The van der Waals surface area contributed by atoms with Crippen molar-refractivity contribution in [1.29, 1.82) is 0 Å². The maximum absolute atomic E-state index is 12.3. The summed E-state index contributed by atoms with van der Waals surface area (Å²) in [6, 6.07) is 2.82. The first kappa shape index (κ1) is 15.4. The molecule has 1 saturated heterocycles. The Kier molecular flexibility index (Phi) is 4.89. The third-order valence-corrected chi connectivity index (χ3v) is 3.42. The van der Waals surface area contributed by atoms with Crippen LogP contribution >= 0.6 is 0 Å².